The topological polar surface area (TPSA) is 58.3 Å². The van der Waals surface area contributed by atoms with E-state index in [1.807, 2.05) is 18.2 Å². The number of anilines is 1. The quantitative estimate of drug-likeness (QED) is 0.662. The Morgan fingerprint density at radius 3 is 2.56 bits per heavy atom. The van der Waals surface area contributed by atoms with E-state index in [2.05, 4.69) is 38.0 Å². The summed E-state index contributed by atoms with van der Waals surface area (Å²) >= 11 is 4.61. The number of aliphatic imine (C=N–C) groups is 1. The second kappa shape index (κ2) is 7.92. The van der Waals surface area contributed by atoms with Crippen LogP contribution in [0, 0.1) is 0 Å². The second-order valence-electron chi connectivity index (χ2n) is 6.13. The first-order valence-corrected chi connectivity index (χ1v) is 10.2. The molecular formula is C19H18BrN3O3S. The summed E-state index contributed by atoms with van der Waals surface area (Å²) in [5.74, 6) is 0.540. The molecule has 8 heteroatoms. The predicted molar refractivity (Wildman–Crippen MR) is 111 cm³/mol. The molecule has 0 atom stereocenters. The summed E-state index contributed by atoms with van der Waals surface area (Å²) in [5, 5.41) is 0.649. The molecular weight excluding hydrogens is 430 g/mol. The van der Waals surface area contributed by atoms with Gasteiger partial charge in [0.25, 0.3) is 5.91 Å². The lowest BCUT2D eigenvalue weighted by atomic mass is 10.2. The minimum Gasteiger partial charge on any atom is -0.450 e. The third-order valence-corrected chi connectivity index (χ3v) is 5.81. The number of benzene rings is 1. The molecule has 1 aromatic carbocycles. The number of likely N-dealkylation sites (N-methyl/N-ethyl adjacent to an activating group) is 1. The van der Waals surface area contributed by atoms with Gasteiger partial charge in [-0.3, -0.25) is 9.69 Å². The molecule has 2 fully saturated rings. The third-order valence-electron chi connectivity index (χ3n) is 4.32. The van der Waals surface area contributed by atoms with Crippen LogP contribution < -0.4 is 4.90 Å². The Morgan fingerprint density at radius 1 is 1.15 bits per heavy atom. The van der Waals surface area contributed by atoms with Crippen molar-refractivity contribution in [1.82, 2.24) is 4.90 Å². The van der Waals surface area contributed by atoms with Crippen molar-refractivity contribution in [2.75, 3.05) is 38.3 Å². The Bertz CT molecular complexity index is 901. The van der Waals surface area contributed by atoms with Crippen LogP contribution in [0.25, 0.3) is 6.08 Å². The molecule has 140 valence electrons. The van der Waals surface area contributed by atoms with Crippen LogP contribution in [0.2, 0.25) is 0 Å². The van der Waals surface area contributed by atoms with Crippen LogP contribution in [-0.2, 0) is 9.53 Å². The number of hydrogen-bond donors (Lipinski definition) is 0. The summed E-state index contributed by atoms with van der Waals surface area (Å²) in [4.78, 5) is 21.5. The Balaban J connectivity index is 1.51. The van der Waals surface area contributed by atoms with Gasteiger partial charge in [-0.2, -0.15) is 0 Å². The van der Waals surface area contributed by atoms with Crippen molar-refractivity contribution in [3.8, 4) is 0 Å². The first-order valence-electron chi connectivity index (χ1n) is 8.54. The molecule has 0 unspecified atom stereocenters. The molecule has 3 heterocycles. The normalized spacial score (nSPS) is 20.9. The molecule has 0 aliphatic carbocycles. The van der Waals surface area contributed by atoms with E-state index in [1.54, 1.807) is 24.1 Å². The molecule has 6 nitrogen and oxygen atoms in total. The fourth-order valence-electron chi connectivity index (χ4n) is 2.86. The number of rotatable bonds is 3. The Kier molecular flexibility index (Phi) is 5.38. The van der Waals surface area contributed by atoms with E-state index in [-0.39, 0.29) is 5.91 Å². The van der Waals surface area contributed by atoms with E-state index < -0.39 is 0 Å². The monoisotopic (exact) mass is 447 g/mol. The van der Waals surface area contributed by atoms with Crippen molar-refractivity contribution in [3.05, 3.63) is 51.7 Å². The highest BCUT2D eigenvalue weighted by molar-refractivity contribution is 9.10. The van der Waals surface area contributed by atoms with Gasteiger partial charge in [0.1, 0.15) is 5.76 Å². The number of morpholine rings is 1. The lowest BCUT2D eigenvalue weighted by Gasteiger charge is -2.28. The van der Waals surface area contributed by atoms with Crippen LogP contribution in [0.3, 0.4) is 0 Å². The van der Waals surface area contributed by atoms with Gasteiger partial charge < -0.3 is 14.1 Å². The smallest absolute Gasteiger partial charge is 0.266 e. The molecule has 0 N–H and O–H groups in total. The highest BCUT2D eigenvalue weighted by Crippen LogP contribution is 2.34. The molecule has 0 spiro atoms. The summed E-state index contributed by atoms with van der Waals surface area (Å²) in [6.45, 7) is 3.32. The van der Waals surface area contributed by atoms with Gasteiger partial charge in [0.15, 0.2) is 9.84 Å². The van der Waals surface area contributed by atoms with Gasteiger partial charge in [-0.25, -0.2) is 4.99 Å². The summed E-state index contributed by atoms with van der Waals surface area (Å²) in [5.41, 5.74) is 1.98. The number of hydrogen-bond acceptors (Lipinski definition) is 6. The zero-order valence-corrected chi connectivity index (χ0v) is 17.1. The van der Waals surface area contributed by atoms with E-state index in [4.69, 9.17) is 9.15 Å². The van der Waals surface area contributed by atoms with Crippen LogP contribution in [-0.4, -0.2) is 49.3 Å². The fourth-order valence-corrected chi connectivity index (χ4v) is 4.14. The van der Waals surface area contributed by atoms with E-state index in [9.17, 15) is 4.79 Å². The van der Waals surface area contributed by atoms with Crippen molar-refractivity contribution in [2.45, 2.75) is 0 Å². The summed E-state index contributed by atoms with van der Waals surface area (Å²) < 4.78 is 11.5. The van der Waals surface area contributed by atoms with Gasteiger partial charge >= 0.3 is 0 Å². The van der Waals surface area contributed by atoms with Gasteiger partial charge in [0.05, 0.1) is 23.8 Å². The van der Waals surface area contributed by atoms with Crippen LogP contribution in [0.15, 0.2) is 55.4 Å². The minimum absolute atomic E-state index is 0.0868. The van der Waals surface area contributed by atoms with E-state index in [0.29, 0.717) is 20.5 Å². The van der Waals surface area contributed by atoms with E-state index >= 15 is 0 Å². The largest absolute Gasteiger partial charge is 0.450 e. The zero-order chi connectivity index (χ0) is 18.8. The minimum atomic E-state index is -0.0868. The molecule has 2 aliphatic heterocycles. The molecule has 0 bridgehead atoms. The average molecular weight is 448 g/mol. The lowest BCUT2D eigenvalue weighted by molar-refractivity contribution is -0.121. The maximum absolute atomic E-state index is 12.5. The van der Waals surface area contributed by atoms with Gasteiger partial charge in [-0.05, 0) is 64.1 Å². The summed E-state index contributed by atoms with van der Waals surface area (Å²) in [6, 6.07) is 11.7. The maximum atomic E-state index is 12.5. The number of halogens is 1. The molecule has 1 amide bonds. The summed E-state index contributed by atoms with van der Waals surface area (Å²) in [7, 11) is 1.73. The number of nitrogens with zero attached hydrogens (tertiary/aromatic N) is 3. The number of furan rings is 1. The average Bonchev–Trinajstić information content (AvgIpc) is 3.22. The fraction of sp³-hybridized carbons (Fsp3) is 0.263. The Labute approximate surface area is 170 Å². The number of amides is 1. The number of carbonyl (C=O) groups excluding carboxylic acids is 1. The van der Waals surface area contributed by atoms with Gasteiger partial charge in [-0.1, -0.05) is 0 Å². The lowest BCUT2D eigenvalue weighted by Crippen LogP contribution is -2.36. The number of ether oxygens (including phenoxy) is 1. The van der Waals surface area contributed by atoms with Crippen LogP contribution >= 0.6 is 27.7 Å². The zero-order valence-electron chi connectivity index (χ0n) is 14.7. The molecule has 4 rings (SSSR count). The first-order chi connectivity index (χ1) is 13.1. The SMILES string of the molecule is CN1C(=O)C(=Cc2ccc(Br)o2)SC1=Nc1ccc(N2CCOCC2)cc1. The predicted octanol–water partition coefficient (Wildman–Crippen LogP) is 4.11. The van der Waals surface area contributed by atoms with Crippen LogP contribution in [0.4, 0.5) is 11.4 Å². The molecule has 27 heavy (non-hydrogen) atoms. The maximum Gasteiger partial charge on any atom is 0.266 e. The molecule has 2 aliphatic rings. The highest BCUT2D eigenvalue weighted by Gasteiger charge is 2.30. The van der Waals surface area contributed by atoms with Gasteiger partial charge in [0, 0.05) is 31.9 Å². The second-order valence-corrected chi connectivity index (χ2v) is 7.92. The summed E-state index contributed by atoms with van der Waals surface area (Å²) in [6.07, 6.45) is 1.73. The molecule has 2 aromatic rings. The van der Waals surface area contributed by atoms with E-state index in [1.165, 1.54) is 11.8 Å². The van der Waals surface area contributed by atoms with Crippen LogP contribution in [0.1, 0.15) is 5.76 Å². The number of amidine groups is 1. The molecule has 0 saturated carbocycles. The standard InChI is InChI=1S/C19H18BrN3O3S/c1-22-18(24)16(12-15-6-7-17(20)26-15)27-19(22)21-13-2-4-14(5-3-13)23-8-10-25-11-9-23/h2-7,12H,8-11H2,1H3. The number of carbonyl (C=O) groups is 1. The van der Waals surface area contributed by atoms with Crippen molar-refractivity contribution in [3.63, 3.8) is 0 Å². The van der Waals surface area contributed by atoms with Crippen molar-refractivity contribution < 1.29 is 13.9 Å². The Morgan fingerprint density at radius 2 is 1.89 bits per heavy atom. The van der Waals surface area contributed by atoms with Crippen molar-refractivity contribution in [2.24, 2.45) is 4.99 Å². The Hall–Kier alpha value is -2.03. The third kappa shape index (κ3) is 4.12. The molecule has 1 aromatic heterocycles. The van der Waals surface area contributed by atoms with E-state index in [0.717, 1.165) is 37.7 Å². The molecule has 2 saturated heterocycles. The molecule has 0 radical (unpaired) electrons. The first kappa shape index (κ1) is 18.3. The van der Waals surface area contributed by atoms with Crippen molar-refractivity contribution >= 4 is 56.2 Å². The highest BCUT2D eigenvalue weighted by atomic mass is 79.9. The van der Waals surface area contributed by atoms with Crippen LogP contribution in [0.5, 0.6) is 0 Å². The van der Waals surface area contributed by atoms with Gasteiger partial charge in [-0.15, -0.1) is 0 Å². The van der Waals surface area contributed by atoms with Crippen molar-refractivity contribution in [1.29, 1.82) is 0 Å². The van der Waals surface area contributed by atoms with Gasteiger partial charge in [0.2, 0.25) is 0 Å². The number of thioether (sulfide) groups is 1.